The van der Waals surface area contributed by atoms with E-state index in [1.165, 1.54) is 37.3 Å². The lowest BCUT2D eigenvalue weighted by Gasteiger charge is -2.11. The molecule has 0 aliphatic heterocycles. The average Bonchev–Trinajstić information content (AvgIpc) is 2.48. The topological polar surface area (TPSA) is 92.3 Å². The molecule has 6 nitrogen and oxygen atoms in total. The van der Waals surface area contributed by atoms with Crippen molar-refractivity contribution in [3.63, 3.8) is 0 Å². The van der Waals surface area contributed by atoms with E-state index < -0.39 is 15.7 Å². The highest BCUT2D eigenvalue weighted by molar-refractivity contribution is 7.90. The van der Waals surface area contributed by atoms with Crippen molar-refractivity contribution in [2.75, 3.05) is 16.9 Å². The van der Waals surface area contributed by atoms with Gasteiger partial charge in [-0.3, -0.25) is 9.59 Å². The highest BCUT2D eigenvalue weighted by Crippen LogP contribution is 2.27. The molecule has 2 amide bonds. The number of sulfone groups is 1. The fourth-order valence-electron chi connectivity index (χ4n) is 2.00. The van der Waals surface area contributed by atoms with Gasteiger partial charge in [-0.2, -0.15) is 0 Å². The minimum atomic E-state index is -3.48. The van der Waals surface area contributed by atoms with Gasteiger partial charge in [-0.15, -0.1) is 0 Å². The van der Waals surface area contributed by atoms with Crippen molar-refractivity contribution in [3.05, 3.63) is 52.0 Å². The third kappa shape index (κ3) is 4.94. The number of anilines is 2. The summed E-state index contributed by atoms with van der Waals surface area (Å²) in [6.45, 7) is 1.36. The molecule has 2 rings (SSSR count). The second kappa shape index (κ2) is 7.43. The Hall–Kier alpha value is -2.09. The standard InChI is InChI=1S/C16H14Cl2N2O4S/c1-9(21)19-10-3-6-15(14(18)7-10)20-16(22)12-8-11(25(2,23)24)4-5-13(12)17/h3-8H,1-2H3,(H,19,21)(H,20,22). The molecule has 2 N–H and O–H groups in total. The van der Waals surface area contributed by atoms with E-state index in [4.69, 9.17) is 23.2 Å². The van der Waals surface area contributed by atoms with E-state index in [1.54, 1.807) is 6.07 Å². The molecule has 0 fully saturated rings. The minimum absolute atomic E-state index is 0.00611. The minimum Gasteiger partial charge on any atom is -0.326 e. The molecule has 25 heavy (non-hydrogen) atoms. The third-order valence-electron chi connectivity index (χ3n) is 3.15. The van der Waals surface area contributed by atoms with Crippen LogP contribution in [0.4, 0.5) is 11.4 Å². The van der Waals surface area contributed by atoms with Crippen LogP contribution in [0, 0.1) is 0 Å². The fraction of sp³-hybridized carbons (Fsp3) is 0.125. The summed E-state index contributed by atoms with van der Waals surface area (Å²) in [6.07, 6.45) is 1.04. The summed E-state index contributed by atoms with van der Waals surface area (Å²) in [5, 5.41) is 5.44. The van der Waals surface area contributed by atoms with Gasteiger partial charge in [-0.25, -0.2) is 8.42 Å². The fourth-order valence-corrected chi connectivity index (χ4v) is 3.07. The van der Waals surface area contributed by atoms with Gasteiger partial charge < -0.3 is 10.6 Å². The highest BCUT2D eigenvalue weighted by Gasteiger charge is 2.16. The molecule has 0 aliphatic carbocycles. The van der Waals surface area contributed by atoms with Gasteiger partial charge in [0.05, 0.1) is 26.2 Å². The molecular weight excluding hydrogens is 387 g/mol. The predicted octanol–water partition coefficient (Wildman–Crippen LogP) is 3.61. The summed E-state index contributed by atoms with van der Waals surface area (Å²) in [6, 6.07) is 8.43. The van der Waals surface area contributed by atoms with Crippen molar-refractivity contribution in [1.82, 2.24) is 0 Å². The smallest absolute Gasteiger partial charge is 0.257 e. The van der Waals surface area contributed by atoms with Gasteiger partial charge >= 0.3 is 0 Å². The molecule has 0 radical (unpaired) electrons. The van der Waals surface area contributed by atoms with Crippen LogP contribution in [0.1, 0.15) is 17.3 Å². The molecule has 0 atom stereocenters. The molecule has 0 heterocycles. The Labute approximate surface area is 155 Å². The molecule has 132 valence electrons. The Kier molecular flexibility index (Phi) is 5.72. The normalized spacial score (nSPS) is 11.0. The van der Waals surface area contributed by atoms with Gasteiger partial charge in [-0.05, 0) is 36.4 Å². The van der Waals surface area contributed by atoms with Crippen LogP contribution in [0.15, 0.2) is 41.3 Å². The van der Waals surface area contributed by atoms with Crippen molar-refractivity contribution in [2.45, 2.75) is 11.8 Å². The van der Waals surface area contributed by atoms with E-state index in [9.17, 15) is 18.0 Å². The molecule has 2 aromatic rings. The lowest BCUT2D eigenvalue weighted by Crippen LogP contribution is -2.14. The van der Waals surface area contributed by atoms with E-state index in [-0.39, 0.29) is 26.4 Å². The van der Waals surface area contributed by atoms with Crippen molar-refractivity contribution in [1.29, 1.82) is 0 Å². The van der Waals surface area contributed by atoms with Crippen LogP contribution >= 0.6 is 23.2 Å². The summed E-state index contributed by atoms with van der Waals surface area (Å²) in [5.74, 6) is -0.859. The molecule has 0 saturated heterocycles. The number of benzene rings is 2. The zero-order chi connectivity index (χ0) is 18.8. The van der Waals surface area contributed by atoms with E-state index in [0.29, 0.717) is 11.4 Å². The van der Waals surface area contributed by atoms with Crippen LogP contribution in [0.3, 0.4) is 0 Å². The van der Waals surface area contributed by atoms with Gasteiger partial charge in [-0.1, -0.05) is 23.2 Å². The predicted molar refractivity (Wildman–Crippen MR) is 98.3 cm³/mol. The summed E-state index contributed by atoms with van der Waals surface area (Å²) >= 11 is 12.1. The Morgan fingerprint density at radius 1 is 0.960 bits per heavy atom. The monoisotopic (exact) mass is 400 g/mol. The Bertz CT molecular complexity index is 959. The number of carbonyl (C=O) groups excluding carboxylic acids is 2. The number of amides is 2. The zero-order valence-electron chi connectivity index (χ0n) is 13.3. The maximum absolute atomic E-state index is 12.4. The van der Waals surface area contributed by atoms with E-state index >= 15 is 0 Å². The zero-order valence-corrected chi connectivity index (χ0v) is 15.6. The molecule has 0 spiro atoms. The van der Waals surface area contributed by atoms with Crippen LogP contribution < -0.4 is 10.6 Å². The number of hydrogen-bond acceptors (Lipinski definition) is 4. The first kappa shape index (κ1) is 19.2. The van der Waals surface area contributed by atoms with Crippen molar-refractivity contribution >= 4 is 56.2 Å². The Morgan fingerprint density at radius 3 is 2.20 bits per heavy atom. The Balaban J connectivity index is 2.30. The first-order valence-corrected chi connectivity index (χ1v) is 9.61. The lowest BCUT2D eigenvalue weighted by molar-refractivity contribution is -0.114. The van der Waals surface area contributed by atoms with E-state index in [1.807, 2.05) is 0 Å². The lowest BCUT2D eigenvalue weighted by atomic mass is 10.2. The van der Waals surface area contributed by atoms with Crippen LogP contribution in [-0.4, -0.2) is 26.5 Å². The maximum Gasteiger partial charge on any atom is 0.257 e. The van der Waals surface area contributed by atoms with Gasteiger partial charge in [0.25, 0.3) is 5.91 Å². The van der Waals surface area contributed by atoms with E-state index in [2.05, 4.69) is 10.6 Å². The number of nitrogens with one attached hydrogen (secondary N) is 2. The molecule has 0 aromatic heterocycles. The van der Waals surface area contributed by atoms with Gasteiger partial charge in [0.1, 0.15) is 0 Å². The second-order valence-corrected chi connectivity index (χ2v) is 8.07. The van der Waals surface area contributed by atoms with Crippen molar-refractivity contribution < 1.29 is 18.0 Å². The quantitative estimate of drug-likeness (QED) is 0.819. The summed E-state index contributed by atoms with van der Waals surface area (Å²) in [5.41, 5.74) is 0.779. The highest BCUT2D eigenvalue weighted by atomic mass is 35.5. The van der Waals surface area contributed by atoms with Crippen LogP contribution in [-0.2, 0) is 14.6 Å². The third-order valence-corrected chi connectivity index (χ3v) is 4.90. The van der Waals surface area contributed by atoms with Crippen LogP contribution in [0.5, 0.6) is 0 Å². The molecule has 0 saturated carbocycles. The second-order valence-electron chi connectivity index (χ2n) is 5.24. The molecular formula is C16H14Cl2N2O4S. The average molecular weight is 401 g/mol. The van der Waals surface area contributed by atoms with Gasteiger partial charge in [0, 0.05) is 18.9 Å². The molecule has 0 bridgehead atoms. The summed E-state index contributed by atoms with van der Waals surface area (Å²) < 4.78 is 23.3. The molecule has 0 unspecified atom stereocenters. The van der Waals surface area contributed by atoms with Crippen molar-refractivity contribution in [3.8, 4) is 0 Å². The number of carbonyl (C=O) groups is 2. The summed E-state index contributed by atoms with van der Waals surface area (Å²) in [4.78, 5) is 23.4. The first-order valence-electron chi connectivity index (χ1n) is 6.96. The van der Waals surface area contributed by atoms with E-state index in [0.717, 1.165) is 6.26 Å². The van der Waals surface area contributed by atoms with Crippen LogP contribution in [0.2, 0.25) is 10.0 Å². The Morgan fingerprint density at radius 2 is 1.64 bits per heavy atom. The molecule has 2 aromatic carbocycles. The first-order chi connectivity index (χ1) is 11.6. The van der Waals surface area contributed by atoms with Crippen molar-refractivity contribution in [2.24, 2.45) is 0 Å². The maximum atomic E-state index is 12.4. The SMILES string of the molecule is CC(=O)Nc1ccc(NC(=O)c2cc(S(C)(=O)=O)ccc2Cl)c(Cl)c1. The molecule has 0 aliphatic rings. The van der Waals surface area contributed by atoms with Crippen LogP contribution in [0.25, 0.3) is 0 Å². The van der Waals surface area contributed by atoms with Gasteiger partial charge in [0.2, 0.25) is 5.91 Å². The number of rotatable bonds is 4. The van der Waals surface area contributed by atoms with Gasteiger partial charge in [0.15, 0.2) is 9.84 Å². The number of halogens is 2. The summed E-state index contributed by atoms with van der Waals surface area (Å²) in [7, 11) is -3.48. The molecule has 9 heteroatoms. The largest absolute Gasteiger partial charge is 0.326 e. The number of hydrogen-bond donors (Lipinski definition) is 2.